The molecule has 0 aliphatic heterocycles. The Labute approximate surface area is 130 Å². The average Bonchev–Trinajstić information content (AvgIpc) is 2.90. The number of oxazole rings is 1. The normalized spacial score (nSPS) is 11.0. The van der Waals surface area contributed by atoms with E-state index in [4.69, 9.17) is 4.42 Å². The lowest BCUT2D eigenvalue weighted by Gasteiger charge is -2.08. The number of phenolic OH excluding ortho intramolecular Hbond substituents is 1. The number of fused-ring (bicyclic) bond motifs is 1. The molecule has 0 atom stereocenters. The summed E-state index contributed by atoms with van der Waals surface area (Å²) < 4.78 is 6.53. The SMILES string of the molecule is CCc1nc2cc(NCc3cc(Br)ccc3O)ccc2o1. The molecule has 0 saturated carbocycles. The van der Waals surface area contributed by atoms with E-state index in [9.17, 15) is 5.11 Å². The van der Waals surface area contributed by atoms with Gasteiger partial charge in [0.1, 0.15) is 11.3 Å². The monoisotopic (exact) mass is 346 g/mol. The second-order valence-corrected chi connectivity index (χ2v) is 5.69. The van der Waals surface area contributed by atoms with Crippen LogP contribution in [0.25, 0.3) is 11.1 Å². The number of rotatable bonds is 4. The highest BCUT2D eigenvalue weighted by atomic mass is 79.9. The van der Waals surface area contributed by atoms with Crippen LogP contribution >= 0.6 is 15.9 Å². The molecule has 0 fully saturated rings. The zero-order valence-electron chi connectivity index (χ0n) is 11.6. The summed E-state index contributed by atoms with van der Waals surface area (Å²) in [5, 5.41) is 13.1. The lowest BCUT2D eigenvalue weighted by Crippen LogP contribution is -1.99. The minimum atomic E-state index is 0.279. The van der Waals surface area contributed by atoms with Crippen LogP contribution in [0.4, 0.5) is 5.69 Å². The Bertz CT molecular complexity index is 783. The number of halogens is 1. The van der Waals surface area contributed by atoms with Crippen molar-refractivity contribution in [2.24, 2.45) is 0 Å². The van der Waals surface area contributed by atoms with Crippen LogP contribution in [-0.2, 0) is 13.0 Å². The van der Waals surface area contributed by atoms with E-state index in [1.807, 2.05) is 37.3 Å². The van der Waals surface area contributed by atoms with Crippen molar-refractivity contribution >= 4 is 32.7 Å². The summed E-state index contributed by atoms with van der Waals surface area (Å²) in [4.78, 5) is 4.41. The van der Waals surface area contributed by atoms with Crippen LogP contribution in [0.15, 0.2) is 45.3 Å². The largest absolute Gasteiger partial charge is 0.508 e. The van der Waals surface area contributed by atoms with Crippen LogP contribution in [0.2, 0.25) is 0 Å². The number of nitrogens with zero attached hydrogens (tertiary/aromatic N) is 1. The van der Waals surface area contributed by atoms with Gasteiger partial charge < -0.3 is 14.8 Å². The molecule has 0 unspecified atom stereocenters. The maximum atomic E-state index is 9.83. The number of anilines is 1. The van der Waals surface area contributed by atoms with Crippen LogP contribution in [0.5, 0.6) is 5.75 Å². The van der Waals surface area contributed by atoms with E-state index in [0.717, 1.165) is 39.1 Å². The van der Waals surface area contributed by atoms with Crippen molar-refractivity contribution in [2.45, 2.75) is 19.9 Å². The summed E-state index contributed by atoms with van der Waals surface area (Å²) in [5.41, 5.74) is 3.41. The summed E-state index contributed by atoms with van der Waals surface area (Å²) in [6.45, 7) is 2.55. The van der Waals surface area contributed by atoms with Gasteiger partial charge in [0, 0.05) is 28.7 Å². The maximum absolute atomic E-state index is 9.83. The fourth-order valence-corrected chi connectivity index (χ4v) is 2.54. The van der Waals surface area contributed by atoms with Crippen molar-refractivity contribution in [3.8, 4) is 5.75 Å². The van der Waals surface area contributed by atoms with Crippen molar-refractivity contribution in [1.29, 1.82) is 0 Å². The number of nitrogens with one attached hydrogen (secondary N) is 1. The summed E-state index contributed by atoms with van der Waals surface area (Å²) in [6.07, 6.45) is 0.781. The van der Waals surface area contributed by atoms with Crippen molar-refractivity contribution < 1.29 is 9.52 Å². The number of aryl methyl sites for hydroxylation is 1. The number of hydrogen-bond donors (Lipinski definition) is 2. The molecular formula is C16H15BrN2O2. The lowest BCUT2D eigenvalue weighted by molar-refractivity contribution is 0.469. The van der Waals surface area contributed by atoms with E-state index in [2.05, 4.69) is 26.2 Å². The van der Waals surface area contributed by atoms with Gasteiger partial charge in [-0.25, -0.2) is 4.98 Å². The smallest absolute Gasteiger partial charge is 0.195 e. The predicted octanol–water partition coefficient (Wildman–Crippen LogP) is 4.47. The van der Waals surface area contributed by atoms with Crippen LogP contribution in [0.1, 0.15) is 18.4 Å². The van der Waals surface area contributed by atoms with E-state index in [0.29, 0.717) is 6.54 Å². The molecule has 108 valence electrons. The van der Waals surface area contributed by atoms with Gasteiger partial charge in [0.2, 0.25) is 0 Å². The first-order valence-electron chi connectivity index (χ1n) is 6.76. The molecule has 4 nitrogen and oxygen atoms in total. The molecular weight excluding hydrogens is 332 g/mol. The Hall–Kier alpha value is -2.01. The van der Waals surface area contributed by atoms with Gasteiger partial charge >= 0.3 is 0 Å². The third-order valence-corrected chi connectivity index (χ3v) is 3.75. The average molecular weight is 347 g/mol. The van der Waals surface area contributed by atoms with Gasteiger partial charge in [-0.05, 0) is 36.4 Å². The number of phenols is 1. The highest BCUT2D eigenvalue weighted by Crippen LogP contribution is 2.24. The number of benzene rings is 2. The Morgan fingerprint density at radius 3 is 2.90 bits per heavy atom. The molecule has 0 spiro atoms. The number of aromatic hydroxyl groups is 1. The molecule has 0 amide bonds. The molecule has 21 heavy (non-hydrogen) atoms. The van der Waals surface area contributed by atoms with E-state index in [-0.39, 0.29) is 5.75 Å². The van der Waals surface area contributed by atoms with Crippen molar-refractivity contribution in [2.75, 3.05) is 5.32 Å². The third kappa shape index (κ3) is 3.03. The molecule has 0 radical (unpaired) electrons. The second kappa shape index (κ2) is 5.77. The van der Waals surface area contributed by atoms with Gasteiger partial charge in [0.15, 0.2) is 11.5 Å². The Morgan fingerprint density at radius 1 is 1.24 bits per heavy atom. The lowest BCUT2D eigenvalue weighted by atomic mass is 10.2. The van der Waals surface area contributed by atoms with Gasteiger partial charge in [-0.2, -0.15) is 0 Å². The Kier molecular flexibility index (Phi) is 3.84. The fraction of sp³-hybridized carbons (Fsp3) is 0.188. The first-order chi connectivity index (χ1) is 10.2. The van der Waals surface area contributed by atoms with E-state index in [1.54, 1.807) is 6.07 Å². The molecule has 1 heterocycles. The zero-order chi connectivity index (χ0) is 14.8. The van der Waals surface area contributed by atoms with E-state index in [1.165, 1.54) is 0 Å². The molecule has 3 rings (SSSR count). The van der Waals surface area contributed by atoms with Crippen LogP contribution in [0.3, 0.4) is 0 Å². The topological polar surface area (TPSA) is 58.3 Å². The van der Waals surface area contributed by atoms with E-state index >= 15 is 0 Å². The third-order valence-electron chi connectivity index (χ3n) is 3.26. The molecule has 2 N–H and O–H groups in total. The van der Waals surface area contributed by atoms with Crippen LogP contribution in [0, 0.1) is 0 Å². The molecule has 2 aromatic carbocycles. The number of hydrogen-bond acceptors (Lipinski definition) is 4. The predicted molar refractivity (Wildman–Crippen MR) is 86.5 cm³/mol. The molecule has 5 heteroatoms. The highest BCUT2D eigenvalue weighted by molar-refractivity contribution is 9.10. The standard InChI is InChI=1S/C16H15BrN2O2/c1-2-16-19-13-8-12(4-6-15(13)21-16)18-9-10-7-11(17)3-5-14(10)20/h3-8,18,20H,2,9H2,1H3. The minimum absolute atomic E-state index is 0.279. The molecule has 3 aromatic rings. The summed E-state index contributed by atoms with van der Waals surface area (Å²) >= 11 is 3.40. The van der Waals surface area contributed by atoms with Crippen molar-refractivity contribution in [1.82, 2.24) is 4.98 Å². The molecule has 0 aliphatic rings. The second-order valence-electron chi connectivity index (χ2n) is 4.77. The first kappa shape index (κ1) is 13.9. The quantitative estimate of drug-likeness (QED) is 0.731. The first-order valence-corrected chi connectivity index (χ1v) is 7.55. The van der Waals surface area contributed by atoms with Gasteiger partial charge in [-0.15, -0.1) is 0 Å². The molecule has 0 bridgehead atoms. The summed E-state index contributed by atoms with van der Waals surface area (Å²) in [6, 6.07) is 11.2. The summed E-state index contributed by atoms with van der Waals surface area (Å²) in [7, 11) is 0. The van der Waals surface area contributed by atoms with E-state index < -0.39 is 0 Å². The van der Waals surface area contributed by atoms with Crippen LogP contribution in [-0.4, -0.2) is 10.1 Å². The molecule has 0 saturated heterocycles. The van der Waals surface area contributed by atoms with Gasteiger partial charge in [0.25, 0.3) is 0 Å². The highest BCUT2D eigenvalue weighted by Gasteiger charge is 2.06. The fourth-order valence-electron chi connectivity index (χ4n) is 2.13. The van der Waals surface area contributed by atoms with Crippen LogP contribution < -0.4 is 5.32 Å². The zero-order valence-corrected chi connectivity index (χ0v) is 13.1. The molecule has 0 aliphatic carbocycles. The van der Waals surface area contributed by atoms with Gasteiger partial charge in [0.05, 0.1) is 0 Å². The minimum Gasteiger partial charge on any atom is -0.508 e. The van der Waals surface area contributed by atoms with Gasteiger partial charge in [-0.1, -0.05) is 22.9 Å². The van der Waals surface area contributed by atoms with Crippen molar-refractivity contribution in [3.05, 3.63) is 52.3 Å². The summed E-state index contributed by atoms with van der Waals surface area (Å²) in [5.74, 6) is 1.02. The van der Waals surface area contributed by atoms with Gasteiger partial charge in [-0.3, -0.25) is 0 Å². The Balaban J connectivity index is 1.80. The maximum Gasteiger partial charge on any atom is 0.195 e. The Morgan fingerprint density at radius 2 is 2.10 bits per heavy atom. The molecule has 1 aromatic heterocycles. The number of aromatic nitrogens is 1. The van der Waals surface area contributed by atoms with Crippen molar-refractivity contribution in [3.63, 3.8) is 0 Å².